The second-order valence-electron chi connectivity index (χ2n) is 4.55. The Balaban J connectivity index is 2.43. The van der Waals surface area contributed by atoms with E-state index >= 15 is 0 Å². The van der Waals surface area contributed by atoms with Crippen molar-refractivity contribution >= 4 is 29.4 Å². The topological polar surface area (TPSA) is 78.4 Å². The van der Waals surface area contributed by atoms with Crippen molar-refractivity contribution in [2.75, 3.05) is 17.3 Å². The Bertz CT molecular complexity index is 448. The zero-order chi connectivity index (χ0) is 15.0. The molecule has 0 saturated carbocycles. The largest absolute Gasteiger partial charge is 0.481 e. The van der Waals surface area contributed by atoms with Gasteiger partial charge >= 0.3 is 12.0 Å². The highest BCUT2D eigenvalue weighted by molar-refractivity contribution is 7.98. The predicted octanol–water partition coefficient (Wildman–Crippen LogP) is 2.58. The lowest BCUT2D eigenvalue weighted by molar-refractivity contribution is -0.136. The van der Waals surface area contributed by atoms with E-state index in [0.29, 0.717) is 11.3 Å². The molecule has 0 bridgehead atoms. The highest BCUT2D eigenvalue weighted by atomic mass is 32.2. The van der Waals surface area contributed by atoms with Crippen LogP contribution in [0.5, 0.6) is 0 Å². The summed E-state index contributed by atoms with van der Waals surface area (Å²) in [4.78, 5) is 22.3. The molecular formula is C14H20N2O3S. The van der Waals surface area contributed by atoms with E-state index < -0.39 is 5.97 Å². The van der Waals surface area contributed by atoms with Gasteiger partial charge in [-0.3, -0.25) is 4.79 Å². The van der Waals surface area contributed by atoms with Gasteiger partial charge in [-0.1, -0.05) is 12.1 Å². The number of hydrogen-bond acceptors (Lipinski definition) is 3. The third-order valence-corrected chi connectivity index (χ3v) is 3.34. The lowest BCUT2D eigenvalue weighted by atomic mass is 10.1. The average molecular weight is 296 g/mol. The maximum atomic E-state index is 11.7. The Morgan fingerprint density at radius 1 is 1.30 bits per heavy atom. The number of carbonyl (C=O) groups excluding carboxylic acids is 1. The van der Waals surface area contributed by atoms with Crippen molar-refractivity contribution in [2.24, 2.45) is 0 Å². The summed E-state index contributed by atoms with van der Waals surface area (Å²) in [7, 11) is 0. The molecule has 0 fully saturated rings. The highest BCUT2D eigenvalue weighted by Gasteiger charge is 2.07. The van der Waals surface area contributed by atoms with E-state index in [-0.39, 0.29) is 18.5 Å². The summed E-state index contributed by atoms with van der Waals surface area (Å²) < 4.78 is 0. The fraction of sp³-hybridized carbons (Fsp3) is 0.429. The van der Waals surface area contributed by atoms with E-state index in [1.54, 1.807) is 36.0 Å². The van der Waals surface area contributed by atoms with Crippen LogP contribution in [0.15, 0.2) is 24.3 Å². The molecule has 20 heavy (non-hydrogen) atoms. The molecule has 1 atom stereocenters. The quantitative estimate of drug-likeness (QED) is 0.722. The fourth-order valence-electron chi connectivity index (χ4n) is 1.64. The molecule has 1 aromatic rings. The summed E-state index contributed by atoms with van der Waals surface area (Å²) in [6.45, 7) is 1.96. The first-order valence-corrected chi connectivity index (χ1v) is 7.78. The lowest BCUT2D eigenvalue weighted by Crippen LogP contribution is -2.36. The minimum absolute atomic E-state index is 0.0157. The van der Waals surface area contributed by atoms with Gasteiger partial charge in [0.25, 0.3) is 0 Å². The Morgan fingerprint density at radius 2 is 1.95 bits per heavy atom. The summed E-state index contributed by atoms with van der Waals surface area (Å²) in [5, 5.41) is 14.2. The zero-order valence-corrected chi connectivity index (χ0v) is 12.5. The Labute approximate surface area is 123 Å². The van der Waals surface area contributed by atoms with Gasteiger partial charge in [-0.25, -0.2) is 4.79 Å². The van der Waals surface area contributed by atoms with Crippen LogP contribution in [0.2, 0.25) is 0 Å². The number of nitrogens with one attached hydrogen (secondary N) is 2. The van der Waals surface area contributed by atoms with Gasteiger partial charge in [-0.15, -0.1) is 0 Å². The molecule has 0 aliphatic rings. The summed E-state index contributed by atoms with van der Waals surface area (Å²) in [6, 6.07) is 6.66. The SMILES string of the molecule is CSCCC(C)NC(=O)Nc1ccc(CC(=O)O)cc1. The number of rotatable bonds is 7. The minimum Gasteiger partial charge on any atom is -0.481 e. The standard InChI is InChI=1S/C14H20N2O3S/c1-10(7-8-20-2)15-14(19)16-12-5-3-11(4-6-12)9-13(17)18/h3-6,10H,7-9H2,1-2H3,(H,17,18)(H2,15,16,19). The molecule has 3 N–H and O–H groups in total. The van der Waals surface area contributed by atoms with Gasteiger partial charge in [0.2, 0.25) is 0 Å². The molecule has 6 heteroatoms. The molecule has 1 unspecified atom stereocenters. The van der Waals surface area contributed by atoms with Gasteiger partial charge in [0.1, 0.15) is 0 Å². The van der Waals surface area contributed by atoms with Crippen LogP contribution in [0.25, 0.3) is 0 Å². The van der Waals surface area contributed by atoms with Gasteiger partial charge < -0.3 is 15.7 Å². The van der Waals surface area contributed by atoms with Crippen molar-refractivity contribution in [1.29, 1.82) is 0 Å². The van der Waals surface area contributed by atoms with Crippen LogP contribution in [0, 0.1) is 0 Å². The van der Waals surface area contributed by atoms with Gasteiger partial charge in [-0.2, -0.15) is 11.8 Å². The monoisotopic (exact) mass is 296 g/mol. The van der Waals surface area contributed by atoms with E-state index in [9.17, 15) is 9.59 Å². The highest BCUT2D eigenvalue weighted by Crippen LogP contribution is 2.10. The molecule has 0 radical (unpaired) electrons. The third kappa shape index (κ3) is 6.47. The van der Waals surface area contributed by atoms with Crippen molar-refractivity contribution in [1.82, 2.24) is 5.32 Å². The summed E-state index contributed by atoms with van der Waals surface area (Å²) >= 11 is 1.75. The Morgan fingerprint density at radius 3 is 2.50 bits per heavy atom. The zero-order valence-electron chi connectivity index (χ0n) is 11.7. The number of carbonyl (C=O) groups is 2. The van der Waals surface area contributed by atoms with E-state index in [4.69, 9.17) is 5.11 Å². The molecule has 0 saturated heterocycles. The van der Waals surface area contributed by atoms with Crippen LogP contribution >= 0.6 is 11.8 Å². The molecule has 1 aromatic carbocycles. The first-order valence-electron chi connectivity index (χ1n) is 6.38. The maximum absolute atomic E-state index is 11.7. The molecular weight excluding hydrogens is 276 g/mol. The second-order valence-corrected chi connectivity index (χ2v) is 5.53. The van der Waals surface area contributed by atoms with Crippen LogP contribution in [0.1, 0.15) is 18.9 Å². The normalized spacial score (nSPS) is 11.7. The Hall–Kier alpha value is -1.69. The fourth-order valence-corrected chi connectivity index (χ4v) is 2.23. The lowest BCUT2D eigenvalue weighted by Gasteiger charge is -2.14. The molecule has 1 rings (SSSR count). The van der Waals surface area contributed by atoms with Gasteiger partial charge in [0, 0.05) is 11.7 Å². The van der Waals surface area contributed by atoms with Crippen LogP contribution in [-0.2, 0) is 11.2 Å². The maximum Gasteiger partial charge on any atom is 0.319 e. The number of carboxylic acid groups (broad SMARTS) is 1. The number of benzene rings is 1. The molecule has 0 heterocycles. The molecule has 5 nitrogen and oxygen atoms in total. The second kappa shape index (κ2) is 8.47. The Kier molecular flexibility index (Phi) is 6.93. The van der Waals surface area contributed by atoms with Crippen LogP contribution in [-0.4, -0.2) is 35.2 Å². The molecule has 0 spiro atoms. The first-order chi connectivity index (χ1) is 9.51. The number of urea groups is 1. The molecule has 2 amide bonds. The summed E-state index contributed by atoms with van der Waals surface area (Å²) in [5.41, 5.74) is 1.35. The van der Waals surface area contributed by atoms with E-state index in [1.165, 1.54) is 0 Å². The van der Waals surface area contributed by atoms with E-state index in [2.05, 4.69) is 10.6 Å². The van der Waals surface area contributed by atoms with Crippen molar-refractivity contribution < 1.29 is 14.7 Å². The van der Waals surface area contributed by atoms with E-state index in [1.807, 2.05) is 13.2 Å². The predicted molar refractivity (Wildman–Crippen MR) is 82.4 cm³/mol. The van der Waals surface area contributed by atoms with Crippen molar-refractivity contribution in [2.45, 2.75) is 25.8 Å². The minimum atomic E-state index is -0.869. The van der Waals surface area contributed by atoms with Crippen molar-refractivity contribution in [3.63, 3.8) is 0 Å². The number of hydrogen-bond donors (Lipinski definition) is 3. The summed E-state index contributed by atoms with van der Waals surface area (Å²) in [6.07, 6.45) is 2.94. The first kappa shape index (κ1) is 16.4. The number of aliphatic carboxylic acids is 1. The van der Waals surface area contributed by atoms with Crippen molar-refractivity contribution in [3.8, 4) is 0 Å². The van der Waals surface area contributed by atoms with Crippen LogP contribution in [0.4, 0.5) is 10.5 Å². The number of carboxylic acids is 1. The number of thioether (sulfide) groups is 1. The molecule has 0 aliphatic heterocycles. The average Bonchev–Trinajstić information content (AvgIpc) is 2.38. The van der Waals surface area contributed by atoms with Crippen LogP contribution in [0.3, 0.4) is 0 Å². The summed E-state index contributed by atoms with van der Waals surface area (Å²) in [5.74, 6) is 0.136. The van der Waals surface area contributed by atoms with Crippen molar-refractivity contribution in [3.05, 3.63) is 29.8 Å². The van der Waals surface area contributed by atoms with Gasteiger partial charge in [0.05, 0.1) is 6.42 Å². The van der Waals surface area contributed by atoms with Gasteiger partial charge in [0.15, 0.2) is 0 Å². The van der Waals surface area contributed by atoms with Gasteiger partial charge in [-0.05, 0) is 43.0 Å². The molecule has 0 aliphatic carbocycles. The third-order valence-electron chi connectivity index (χ3n) is 2.70. The smallest absolute Gasteiger partial charge is 0.319 e. The van der Waals surface area contributed by atoms with E-state index in [0.717, 1.165) is 12.2 Å². The van der Waals surface area contributed by atoms with Crippen LogP contribution < -0.4 is 10.6 Å². The number of amides is 2. The molecule has 0 aromatic heterocycles. The number of anilines is 1. The molecule has 110 valence electrons.